The Balaban J connectivity index is 2.15. The average molecular weight is 275 g/mol. The Bertz CT molecular complexity index is 671. The van der Waals surface area contributed by atoms with Crippen molar-refractivity contribution in [1.29, 1.82) is 0 Å². The van der Waals surface area contributed by atoms with Crippen LogP contribution < -0.4 is 5.69 Å². The molecule has 0 bridgehead atoms. The molecule has 108 valence electrons. The normalized spacial score (nSPS) is 20.9. The summed E-state index contributed by atoms with van der Waals surface area (Å²) >= 11 is 0. The molecule has 1 aromatic heterocycles. The summed E-state index contributed by atoms with van der Waals surface area (Å²) in [7, 11) is 0. The Hall–Kier alpha value is -1.75. The molecule has 3 rings (SSSR count). The highest BCUT2D eigenvalue weighted by Crippen LogP contribution is 2.31. The van der Waals surface area contributed by atoms with E-state index in [0.717, 1.165) is 24.9 Å². The first-order valence-electron chi connectivity index (χ1n) is 7.27. The highest BCUT2D eigenvalue weighted by atomic mass is 16.3. The predicted molar refractivity (Wildman–Crippen MR) is 79.0 cm³/mol. The molecule has 1 aliphatic rings. The molecule has 1 unspecified atom stereocenters. The van der Waals surface area contributed by atoms with E-state index in [-0.39, 0.29) is 17.6 Å². The van der Waals surface area contributed by atoms with Crippen molar-refractivity contribution in [1.82, 2.24) is 14.5 Å². The molecule has 0 spiro atoms. The second-order valence-corrected chi connectivity index (χ2v) is 5.78. The second kappa shape index (κ2) is 4.98. The number of aromatic nitrogens is 2. The number of aromatic amines is 1. The second-order valence-electron chi connectivity index (χ2n) is 5.78. The number of H-pyrrole nitrogens is 1. The van der Waals surface area contributed by atoms with Gasteiger partial charge in [-0.15, -0.1) is 0 Å². The lowest BCUT2D eigenvalue weighted by Crippen LogP contribution is -2.43. The van der Waals surface area contributed by atoms with Crippen LogP contribution in [-0.2, 0) is 0 Å². The zero-order chi connectivity index (χ0) is 14.3. The number of phenolic OH excluding ortho intramolecular Hbond substituents is 1. The minimum atomic E-state index is -0.140. The van der Waals surface area contributed by atoms with Crippen LogP contribution in [0.15, 0.2) is 23.0 Å². The summed E-state index contributed by atoms with van der Waals surface area (Å²) in [5, 5.41) is 9.89. The summed E-state index contributed by atoms with van der Waals surface area (Å²) in [6.07, 6.45) is 3.36. The van der Waals surface area contributed by atoms with Gasteiger partial charge in [0.05, 0.1) is 11.7 Å². The minimum absolute atomic E-state index is 0.0757. The number of piperidine rings is 1. The van der Waals surface area contributed by atoms with Crippen molar-refractivity contribution in [2.24, 2.45) is 0 Å². The molecule has 1 atom stereocenters. The molecule has 2 N–H and O–H groups in total. The van der Waals surface area contributed by atoms with Gasteiger partial charge < -0.3 is 10.1 Å². The van der Waals surface area contributed by atoms with Crippen molar-refractivity contribution in [3.8, 4) is 5.75 Å². The largest absolute Gasteiger partial charge is 0.506 e. The van der Waals surface area contributed by atoms with E-state index in [2.05, 4.69) is 23.7 Å². The van der Waals surface area contributed by atoms with Crippen molar-refractivity contribution in [3.05, 3.63) is 28.7 Å². The van der Waals surface area contributed by atoms with Gasteiger partial charge in [-0.3, -0.25) is 9.47 Å². The number of nitrogens with one attached hydrogen (secondary N) is 1. The van der Waals surface area contributed by atoms with E-state index < -0.39 is 0 Å². The summed E-state index contributed by atoms with van der Waals surface area (Å²) in [6, 6.07) is 5.67. The third-order valence-corrected chi connectivity index (χ3v) is 4.20. The molecule has 20 heavy (non-hydrogen) atoms. The molecule has 5 heteroatoms. The van der Waals surface area contributed by atoms with Gasteiger partial charge in [0.15, 0.2) is 0 Å². The molecular weight excluding hydrogens is 254 g/mol. The maximum absolute atomic E-state index is 12.3. The topological polar surface area (TPSA) is 61.3 Å². The Kier molecular flexibility index (Phi) is 3.30. The zero-order valence-corrected chi connectivity index (χ0v) is 12.0. The zero-order valence-electron chi connectivity index (χ0n) is 12.0. The van der Waals surface area contributed by atoms with Crippen LogP contribution in [0.4, 0.5) is 0 Å². The average Bonchev–Trinajstić information content (AvgIpc) is 2.76. The molecule has 1 aromatic carbocycles. The predicted octanol–water partition coefficient (Wildman–Crippen LogP) is 2.43. The molecule has 1 fully saturated rings. The lowest BCUT2D eigenvalue weighted by atomic mass is 10.1. The summed E-state index contributed by atoms with van der Waals surface area (Å²) in [5.41, 5.74) is 1.18. The standard InChI is InChI=1S/C15H21N3O2/c1-10(2)17-9-4-3-8-13(17)18-11-6-5-7-12(19)14(11)16-15(18)20/h5-7,10,13,19H,3-4,8-9H2,1-2H3,(H,16,20). The first-order valence-corrected chi connectivity index (χ1v) is 7.27. The van der Waals surface area contributed by atoms with Gasteiger partial charge >= 0.3 is 5.69 Å². The van der Waals surface area contributed by atoms with Crippen molar-refractivity contribution >= 4 is 11.0 Å². The van der Waals surface area contributed by atoms with E-state index in [1.807, 2.05) is 6.07 Å². The highest BCUT2D eigenvalue weighted by molar-refractivity contribution is 5.81. The van der Waals surface area contributed by atoms with Gasteiger partial charge in [0.25, 0.3) is 0 Å². The van der Waals surface area contributed by atoms with E-state index >= 15 is 0 Å². The fourth-order valence-corrected chi connectivity index (χ4v) is 3.25. The van der Waals surface area contributed by atoms with E-state index in [1.54, 1.807) is 16.7 Å². The highest BCUT2D eigenvalue weighted by Gasteiger charge is 2.28. The monoisotopic (exact) mass is 275 g/mol. The van der Waals surface area contributed by atoms with Crippen molar-refractivity contribution in [2.75, 3.05) is 6.54 Å². The number of para-hydroxylation sites is 1. The Morgan fingerprint density at radius 2 is 2.15 bits per heavy atom. The number of phenols is 1. The molecule has 0 saturated carbocycles. The van der Waals surface area contributed by atoms with E-state index in [1.165, 1.54) is 6.42 Å². The van der Waals surface area contributed by atoms with Gasteiger partial charge in [-0.2, -0.15) is 0 Å². The number of benzene rings is 1. The number of imidazole rings is 1. The van der Waals surface area contributed by atoms with Gasteiger partial charge in [0, 0.05) is 12.6 Å². The van der Waals surface area contributed by atoms with Gasteiger partial charge in [-0.1, -0.05) is 6.07 Å². The molecule has 1 saturated heterocycles. The molecular formula is C15H21N3O2. The molecule has 5 nitrogen and oxygen atoms in total. The summed E-state index contributed by atoms with van der Waals surface area (Å²) < 4.78 is 1.80. The fourth-order valence-electron chi connectivity index (χ4n) is 3.25. The number of hydrogen-bond donors (Lipinski definition) is 2. The number of fused-ring (bicyclic) bond motifs is 1. The van der Waals surface area contributed by atoms with Crippen molar-refractivity contribution in [2.45, 2.75) is 45.3 Å². The Morgan fingerprint density at radius 1 is 1.35 bits per heavy atom. The van der Waals surface area contributed by atoms with Crippen LogP contribution in [0.25, 0.3) is 11.0 Å². The molecule has 2 heterocycles. The molecule has 0 aliphatic carbocycles. The molecule has 1 aliphatic heterocycles. The van der Waals surface area contributed by atoms with Gasteiger partial charge in [0.1, 0.15) is 11.3 Å². The number of rotatable bonds is 2. The maximum atomic E-state index is 12.3. The smallest absolute Gasteiger partial charge is 0.327 e. The van der Waals surface area contributed by atoms with Crippen LogP contribution in [0.1, 0.15) is 39.3 Å². The van der Waals surface area contributed by atoms with Crippen LogP contribution in [0.3, 0.4) is 0 Å². The van der Waals surface area contributed by atoms with Crippen LogP contribution in [0.5, 0.6) is 5.75 Å². The van der Waals surface area contributed by atoms with E-state index in [9.17, 15) is 9.90 Å². The van der Waals surface area contributed by atoms with Crippen molar-refractivity contribution < 1.29 is 5.11 Å². The van der Waals surface area contributed by atoms with E-state index in [0.29, 0.717) is 11.6 Å². The summed E-state index contributed by atoms with van der Waals surface area (Å²) in [6.45, 7) is 5.34. The third kappa shape index (κ3) is 2.02. The maximum Gasteiger partial charge on any atom is 0.327 e. The Morgan fingerprint density at radius 3 is 2.90 bits per heavy atom. The van der Waals surface area contributed by atoms with Gasteiger partial charge in [-0.05, 0) is 45.2 Å². The van der Waals surface area contributed by atoms with Crippen LogP contribution >= 0.6 is 0 Å². The van der Waals surface area contributed by atoms with Gasteiger partial charge in [0.2, 0.25) is 0 Å². The number of nitrogens with zero attached hydrogens (tertiary/aromatic N) is 2. The van der Waals surface area contributed by atoms with E-state index in [4.69, 9.17) is 0 Å². The molecule has 2 aromatic rings. The molecule has 0 radical (unpaired) electrons. The summed E-state index contributed by atoms with van der Waals surface area (Å²) in [5.74, 6) is 0.130. The Labute approximate surface area is 117 Å². The summed E-state index contributed by atoms with van der Waals surface area (Å²) in [4.78, 5) is 17.5. The van der Waals surface area contributed by atoms with Crippen LogP contribution in [0, 0.1) is 0 Å². The van der Waals surface area contributed by atoms with Crippen molar-refractivity contribution in [3.63, 3.8) is 0 Å². The fraction of sp³-hybridized carbons (Fsp3) is 0.533. The van der Waals surface area contributed by atoms with Crippen LogP contribution in [0.2, 0.25) is 0 Å². The molecule has 0 amide bonds. The quantitative estimate of drug-likeness (QED) is 0.885. The lowest BCUT2D eigenvalue weighted by molar-refractivity contribution is 0.0649. The number of hydrogen-bond acceptors (Lipinski definition) is 3. The SMILES string of the molecule is CC(C)N1CCCCC1n1c(=O)[nH]c2c(O)cccc21. The number of likely N-dealkylation sites (tertiary alicyclic amines) is 1. The first kappa shape index (κ1) is 13.2. The first-order chi connectivity index (χ1) is 9.59. The lowest BCUT2D eigenvalue weighted by Gasteiger charge is -2.39. The van der Waals surface area contributed by atoms with Crippen LogP contribution in [-0.4, -0.2) is 32.1 Å². The number of aromatic hydroxyl groups is 1. The minimum Gasteiger partial charge on any atom is -0.506 e. The third-order valence-electron chi connectivity index (χ3n) is 4.20. The van der Waals surface area contributed by atoms with Gasteiger partial charge in [-0.25, -0.2) is 4.79 Å².